The number of anilines is 1. The third-order valence-electron chi connectivity index (χ3n) is 8.94. The number of carbonyl (C=O) groups is 1. The first kappa shape index (κ1) is 25.2. The quantitative estimate of drug-likeness (QED) is 0.320. The molecule has 1 aromatic carbocycles. The minimum absolute atomic E-state index is 0.306. The Bertz CT molecular complexity index is 1780. The minimum Gasteiger partial charge on any atom is -0.383 e. The Hall–Kier alpha value is -4.57. The van der Waals surface area contributed by atoms with E-state index in [0.717, 1.165) is 79.8 Å². The largest absolute Gasteiger partial charge is 0.383 e. The molecule has 0 radical (unpaired) electrons. The number of carbonyl (C=O) groups excluding carboxylic acids is 1. The average molecular weight is 560 g/mol. The normalized spacial score (nSPS) is 19.0. The van der Waals surface area contributed by atoms with Gasteiger partial charge in [0.25, 0.3) is 0 Å². The number of imidazole rings is 1. The van der Waals surface area contributed by atoms with Gasteiger partial charge in [0.1, 0.15) is 11.3 Å². The number of rotatable bonds is 6. The van der Waals surface area contributed by atoms with E-state index in [2.05, 4.69) is 43.1 Å². The first-order valence-electron chi connectivity index (χ1n) is 14.9. The summed E-state index contributed by atoms with van der Waals surface area (Å²) >= 11 is 0. The highest BCUT2D eigenvalue weighted by molar-refractivity contribution is 5.83. The summed E-state index contributed by atoms with van der Waals surface area (Å²) in [6.07, 6.45) is 11.6. The van der Waals surface area contributed by atoms with E-state index in [0.29, 0.717) is 35.6 Å². The van der Waals surface area contributed by atoms with Crippen molar-refractivity contribution >= 4 is 22.9 Å². The number of nitrogens with zero attached hydrogens (tertiary/aromatic N) is 7. The number of aromatic nitrogens is 6. The van der Waals surface area contributed by atoms with E-state index < -0.39 is 0 Å². The standard InChI is InChI=1S/C32H33N9O/c33-29-25(3-1-14-34-29)30-37-27-10-11-28(40-16-2-15-35-40)38-31(27)41(30)23-7-8-24-21(19-23)6-9-26(24)36-22-12-17-39(18-13-22)32(42)20-4-5-20/h1-3,7-8,10-11,14-16,19-20,22,26,36H,4-6,9,12-13,17-18H2,(H2,33,34). The molecule has 1 aliphatic heterocycles. The summed E-state index contributed by atoms with van der Waals surface area (Å²) in [6.45, 7) is 1.74. The van der Waals surface area contributed by atoms with Crippen LogP contribution in [0.5, 0.6) is 0 Å². The molecule has 212 valence electrons. The van der Waals surface area contributed by atoms with Crippen molar-refractivity contribution in [3.05, 3.63) is 78.2 Å². The molecule has 3 N–H and O–H groups in total. The lowest BCUT2D eigenvalue weighted by Crippen LogP contribution is -2.46. The van der Waals surface area contributed by atoms with E-state index in [1.807, 2.05) is 36.5 Å². The summed E-state index contributed by atoms with van der Waals surface area (Å²) in [5.41, 5.74) is 12.3. The fourth-order valence-electron chi connectivity index (χ4n) is 6.57. The number of nitrogens with one attached hydrogen (secondary N) is 1. The van der Waals surface area contributed by atoms with Crippen molar-refractivity contribution in [2.75, 3.05) is 18.8 Å². The molecular weight excluding hydrogens is 526 g/mol. The number of amides is 1. The van der Waals surface area contributed by atoms with Gasteiger partial charge >= 0.3 is 0 Å². The molecule has 1 unspecified atom stereocenters. The zero-order valence-electron chi connectivity index (χ0n) is 23.4. The fourth-order valence-corrected chi connectivity index (χ4v) is 6.57. The highest BCUT2D eigenvalue weighted by Crippen LogP contribution is 2.37. The van der Waals surface area contributed by atoms with Gasteiger partial charge in [-0.05, 0) is 92.1 Å². The maximum Gasteiger partial charge on any atom is 0.225 e. The molecule has 1 saturated heterocycles. The lowest BCUT2D eigenvalue weighted by molar-refractivity contribution is -0.133. The van der Waals surface area contributed by atoms with E-state index in [4.69, 9.17) is 15.7 Å². The summed E-state index contributed by atoms with van der Waals surface area (Å²) < 4.78 is 3.84. The van der Waals surface area contributed by atoms with E-state index in [1.165, 1.54) is 11.1 Å². The number of aryl methyl sites for hydroxylation is 1. The molecule has 4 aromatic heterocycles. The van der Waals surface area contributed by atoms with Crippen molar-refractivity contribution in [3.8, 4) is 22.9 Å². The molecule has 1 atom stereocenters. The molecule has 8 rings (SSSR count). The van der Waals surface area contributed by atoms with E-state index in [9.17, 15) is 4.79 Å². The van der Waals surface area contributed by atoms with E-state index in [-0.39, 0.29) is 0 Å². The summed E-state index contributed by atoms with van der Waals surface area (Å²) in [7, 11) is 0. The predicted octanol–water partition coefficient (Wildman–Crippen LogP) is 4.23. The molecule has 2 aliphatic carbocycles. The molecule has 5 aromatic rings. The number of piperidine rings is 1. The van der Waals surface area contributed by atoms with Crippen LogP contribution in [-0.4, -0.2) is 59.2 Å². The second-order valence-electron chi connectivity index (χ2n) is 11.7. The molecule has 1 amide bonds. The van der Waals surface area contributed by atoms with Gasteiger partial charge in [-0.3, -0.25) is 9.36 Å². The number of benzene rings is 1. The van der Waals surface area contributed by atoms with Crippen LogP contribution in [-0.2, 0) is 11.2 Å². The Morgan fingerprint density at radius 2 is 1.83 bits per heavy atom. The second kappa shape index (κ2) is 10.1. The van der Waals surface area contributed by atoms with E-state index >= 15 is 0 Å². The fraction of sp³-hybridized carbons (Fsp3) is 0.344. The van der Waals surface area contributed by atoms with Crippen molar-refractivity contribution in [2.45, 2.75) is 50.6 Å². The van der Waals surface area contributed by atoms with Gasteiger partial charge in [0.15, 0.2) is 17.3 Å². The van der Waals surface area contributed by atoms with Gasteiger partial charge in [-0.2, -0.15) is 5.10 Å². The van der Waals surface area contributed by atoms with Gasteiger partial charge in [0.05, 0.1) is 5.56 Å². The van der Waals surface area contributed by atoms with Crippen LogP contribution < -0.4 is 11.1 Å². The number of hydrogen-bond donors (Lipinski definition) is 2. The maximum atomic E-state index is 12.5. The third-order valence-corrected chi connectivity index (χ3v) is 8.94. The topological polar surface area (TPSA) is 120 Å². The smallest absolute Gasteiger partial charge is 0.225 e. The van der Waals surface area contributed by atoms with Crippen molar-refractivity contribution in [1.29, 1.82) is 0 Å². The van der Waals surface area contributed by atoms with Gasteiger partial charge in [0.2, 0.25) is 5.91 Å². The Labute approximate surface area is 243 Å². The van der Waals surface area contributed by atoms with Crippen molar-refractivity contribution in [2.24, 2.45) is 5.92 Å². The van der Waals surface area contributed by atoms with Crippen LogP contribution >= 0.6 is 0 Å². The summed E-state index contributed by atoms with van der Waals surface area (Å²) in [6, 6.07) is 17.1. The van der Waals surface area contributed by atoms with Crippen LogP contribution in [0, 0.1) is 5.92 Å². The van der Waals surface area contributed by atoms with Crippen molar-refractivity contribution < 1.29 is 4.79 Å². The molecular formula is C32H33N9O. The maximum absolute atomic E-state index is 12.5. The number of hydrogen-bond acceptors (Lipinski definition) is 7. The van der Waals surface area contributed by atoms with Crippen LogP contribution in [0.1, 0.15) is 49.3 Å². The SMILES string of the molecule is Nc1ncccc1-c1nc2ccc(-n3cccn3)nc2n1-c1ccc2c(c1)CCC2NC1CCN(C(=O)C2CC2)CC1. The van der Waals surface area contributed by atoms with Crippen LogP contribution in [0.4, 0.5) is 5.82 Å². The van der Waals surface area contributed by atoms with Gasteiger partial charge < -0.3 is 16.0 Å². The molecule has 0 spiro atoms. The monoisotopic (exact) mass is 559 g/mol. The number of pyridine rings is 2. The molecule has 42 heavy (non-hydrogen) atoms. The van der Waals surface area contributed by atoms with Crippen LogP contribution in [0.3, 0.4) is 0 Å². The molecule has 2 fully saturated rings. The molecule has 1 saturated carbocycles. The average Bonchev–Trinajstić information content (AvgIpc) is 3.39. The summed E-state index contributed by atoms with van der Waals surface area (Å²) in [4.78, 5) is 28.8. The zero-order valence-corrected chi connectivity index (χ0v) is 23.4. The number of likely N-dealkylation sites (tertiary alicyclic amines) is 1. The van der Waals surface area contributed by atoms with Crippen molar-refractivity contribution in [1.82, 2.24) is 39.5 Å². The van der Waals surface area contributed by atoms with Crippen LogP contribution in [0.15, 0.2) is 67.1 Å². The van der Waals surface area contributed by atoms with Gasteiger partial charge in [0, 0.05) is 55.4 Å². The summed E-state index contributed by atoms with van der Waals surface area (Å²) in [5.74, 6) is 2.53. The highest BCUT2D eigenvalue weighted by atomic mass is 16.2. The Balaban J connectivity index is 1.11. The number of nitrogen functional groups attached to an aromatic ring is 1. The lowest BCUT2D eigenvalue weighted by atomic mass is 10.0. The summed E-state index contributed by atoms with van der Waals surface area (Å²) in [5, 5.41) is 8.30. The van der Waals surface area contributed by atoms with Crippen LogP contribution in [0.25, 0.3) is 34.1 Å². The molecule has 3 aliphatic rings. The molecule has 10 heteroatoms. The highest BCUT2D eigenvalue weighted by Gasteiger charge is 2.35. The third kappa shape index (κ3) is 4.42. The van der Waals surface area contributed by atoms with Crippen molar-refractivity contribution in [3.63, 3.8) is 0 Å². The zero-order chi connectivity index (χ0) is 28.2. The first-order valence-corrected chi connectivity index (χ1v) is 14.9. The first-order chi connectivity index (χ1) is 20.6. The Kier molecular flexibility index (Phi) is 6.03. The Morgan fingerprint density at radius 3 is 2.62 bits per heavy atom. The Morgan fingerprint density at radius 1 is 0.952 bits per heavy atom. The van der Waals surface area contributed by atoms with E-state index in [1.54, 1.807) is 17.1 Å². The number of fused-ring (bicyclic) bond motifs is 2. The van der Waals surface area contributed by atoms with Crippen LogP contribution in [0.2, 0.25) is 0 Å². The number of nitrogens with two attached hydrogens (primary N) is 1. The van der Waals surface area contributed by atoms with Gasteiger partial charge in [-0.1, -0.05) is 6.07 Å². The van der Waals surface area contributed by atoms with Gasteiger partial charge in [-0.15, -0.1) is 0 Å². The molecule has 5 heterocycles. The molecule has 0 bridgehead atoms. The minimum atomic E-state index is 0.306. The molecule has 10 nitrogen and oxygen atoms in total. The predicted molar refractivity (Wildman–Crippen MR) is 160 cm³/mol. The van der Waals surface area contributed by atoms with Gasteiger partial charge in [-0.25, -0.2) is 19.6 Å². The lowest BCUT2D eigenvalue weighted by Gasteiger charge is -2.34. The second-order valence-corrected chi connectivity index (χ2v) is 11.7.